The molecule has 1 unspecified atom stereocenters. The van der Waals surface area contributed by atoms with E-state index in [1.54, 1.807) is 0 Å². The number of nitrogens with one attached hydrogen (secondary N) is 1. The fourth-order valence-corrected chi connectivity index (χ4v) is 3.07. The van der Waals surface area contributed by atoms with E-state index in [4.69, 9.17) is 4.74 Å². The molecule has 1 saturated heterocycles. The van der Waals surface area contributed by atoms with Crippen molar-refractivity contribution in [3.8, 4) is 0 Å². The summed E-state index contributed by atoms with van der Waals surface area (Å²) >= 11 is 0. The summed E-state index contributed by atoms with van der Waals surface area (Å²) in [5.74, 6) is 0.285. The zero-order chi connectivity index (χ0) is 14.0. The lowest BCUT2D eigenvalue weighted by Gasteiger charge is -2.35. The molecule has 1 amide bonds. The summed E-state index contributed by atoms with van der Waals surface area (Å²) < 4.78 is 5.68. The van der Waals surface area contributed by atoms with Gasteiger partial charge in [0, 0.05) is 19.6 Å². The van der Waals surface area contributed by atoms with Crippen LogP contribution < -0.4 is 5.32 Å². The third-order valence-corrected chi connectivity index (χ3v) is 4.34. The molecule has 1 aromatic carbocycles. The lowest BCUT2D eigenvalue weighted by molar-refractivity contribution is -0.141. The van der Waals surface area contributed by atoms with Gasteiger partial charge in [0.15, 0.2) is 0 Å². The van der Waals surface area contributed by atoms with Crippen LogP contribution in [0, 0.1) is 0 Å². The van der Waals surface area contributed by atoms with Crippen LogP contribution in [0.25, 0.3) is 0 Å². The molecule has 4 nitrogen and oxygen atoms in total. The minimum atomic E-state index is -0.247. The molecule has 0 spiro atoms. The summed E-state index contributed by atoms with van der Waals surface area (Å²) in [5, 5.41) is 3.12. The van der Waals surface area contributed by atoms with Gasteiger partial charge in [0.25, 0.3) is 0 Å². The van der Waals surface area contributed by atoms with E-state index in [1.165, 1.54) is 5.56 Å². The number of carbonyl (C=O) groups is 1. The highest BCUT2D eigenvalue weighted by Gasteiger charge is 2.53. The Bertz CT molecular complexity index is 469. The van der Waals surface area contributed by atoms with Crippen molar-refractivity contribution < 1.29 is 9.53 Å². The minimum absolute atomic E-state index is 0.115. The van der Waals surface area contributed by atoms with Crippen molar-refractivity contribution in [2.24, 2.45) is 0 Å². The van der Waals surface area contributed by atoms with Gasteiger partial charge in [-0.2, -0.15) is 0 Å². The second kappa shape index (κ2) is 5.54. The third kappa shape index (κ3) is 2.45. The molecule has 108 valence electrons. The van der Waals surface area contributed by atoms with Crippen molar-refractivity contribution >= 4 is 5.91 Å². The van der Waals surface area contributed by atoms with Gasteiger partial charge >= 0.3 is 0 Å². The lowest BCUT2D eigenvalue weighted by atomic mass is 9.94. The molecule has 1 saturated carbocycles. The summed E-state index contributed by atoms with van der Waals surface area (Å²) in [7, 11) is 1.91. The van der Waals surface area contributed by atoms with Gasteiger partial charge in [-0.25, -0.2) is 0 Å². The summed E-state index contributed by atoms with van der Waals surface area (Å²) in [6.45, 7) is 2.85. The average Bonchev–Trinajstić information content (AvgIpc) is 3.30. The number of hydrogen-bond acceptors (Lipinski definition) is 3. The number of ether oxygens (including phenoxy) is 1. The maximum atomic E-state index is 12.9. The Hall–Kier alpha value is -1.39. The SMILES string of the molecule is CNCC1CN(C(=O)C2(c3ccccc3)CC2)CCO1. The molecular formula is C16H22N2O2. The van der Waals surface area contributed by atoms with E-state index in [0.717, 1.165) is 19.4 Å². The predicted octanol–water partition coefficient (Wildman–Crippen LogP) is 1.16. The number of nitrogens with zero attached hydrogens (tertiary/aromatic N) is 1. The van der Waals surface area contributed by atoms with Crippen LogP contribution in [0.1, 0.15) is 18.4 Å². The Morgan fingerprint density at radius 2 is 2.15 bits per heavy atom. The van der Waals surface area contributed by atoms with Gasteiger partial charge in [-0.1, -0.05) is 30.3 Å². The Balaban J connectivity index is 1.72. The van der Waals surface area contributed by atoms with E-state index in [0.29, 0.717) is 19.7 Å². The molecule has 1 N–H and O–H groups in total. The molecule has 1 aromatic rings. The van der Waals surface area contributed by atoms with E-state index in [-0.39, 0.29) is 17.4 Å². The van der Waals surface area contributed by atoms with Gasteiger partial charge in [0.1, 0.15) is 0 Å². The van der Waals surface area contributed by atoms with Crippen LogP contribution >= 0.6 is 0 Å². The zero-order valence-corrected chi connectivity index (χ0v) is 12.0. The van der Waals surface area contributed by atoms with Crippen LogP contribution in [0.5, 0.6) is 0 Å². The molecular weight excluding hydrogens is 252 g/mol. The summed E-state index contributed by atoms with van der Waals surface area (Å²) in [4.78, 5) is 14.9. The smallest absolute Gasteiger partial charge is 0.233 e. The van der Waals surface area contributed by atoms with Crippen LogP contribution in [-0.2, 0) is 14.9 Å². The van der Waals surface area contributed by atoms with Crippen molar-refractivity contribution in [3.63, 3.8) is 0 Å². The number of hydrogen-bond donors (Lipinski definition) is 1. The van der Waals surface area contributed by atoms with Crippen molar-refractivity contribution in [3.05, 3.63) is 35.9 Å². The number of carbonyl (C=O) groups excluding carboxylic acids is 1. The average molecular weight is 274 g/mol. The van der Waals surface area contributed by atoms with E-state index in [9.17, 15) is 4.79 Å². The van der Waals surface area contributed by atoms with Crippen LogP contribution in [0.3, 0.4) is 0 Å². The highest BCUT2D eigenvalue weighted by Crippen LogP contribution is 2.49. The summed E-state index contributed by atoms with van der Waals surface area (Å²) in [6.07, 6.45) is 2.07. The van der Waals surface area contributed by atoms with Gasteiger partial charge in [-0.05, 0) is 25.5 Å². The van der Waals surface area contributed by atoms with E-state index in [2.05, 4.69) is 17.4 Å². The maximum Gasteiger partial charge on any atom is 0.233 e. The highest BCUT2D eigenvalue weighted by atomic mass is 16.5. The third-order valence-electron chi connectivity index (χ3n) is 4.34. The molecule has 1 aliphatic carbocycles. The molecule has 1 aliphatic heterocycles. The van der Waals surface area contributed by atoms with Crippen molar-refractivity contribution in [2.45, 2.75) is 24.4 Å². The zero-order valence-electron chi connectivity index (χ0n) is 12.0. The summed E-state index contributed by atoms with van der Waals surface area (Å²) in [5.41, 5.74) is 0.921. The molecule has 0 aromatic heterocycles. The molecule has 3 rings (SSSR count). The van der Waals surface area contributed by atoms with E-state index < -0.39 is 0 Å². The number of likely N-dealkylation sites (N-methyl/N-ethyl adjacent to an activating group) is 1. The quantitative estimate of drug-likeness (QED) is 0.896. The molecule has 1 atom stereocenters. The van der Waals surface area contributed by atoms with Crippen molar-refractivity contribution in [2.75, 3.05) is 33.3 Å². The van der Waals surface area contributed by atoms with E-state index in [1.807, 2.05) is 30.1 Å². The first-order chi connectivity index (χ1) is 9.76. The first kappa shape index (κ1) is 13.6. The molecule has 2 aliphatic rings. The number of morpholine rings is 1. The molecule has 2 fully saturated rings. The fourth-order valence-electron chi connectivity index (χ4n) is 3.07. The Morgan fingerprint density at radius 3 is 2.80 bits per heavy atom. The number of rotatable bonds is 4. The molecule has 0 radical (unpaired) electrons. The Morgan fingerprint density at radius 1 is 1.40 bits per heavy atom. The standard InChI is InChI=1S/C16H22N2O2/c1-17-11-14-12-18(9-10-20-14)15(19)16(7-8-16)13-5-3-2-4-6-13/h2-6,14,17H,7-12H2,1H3. The molecule has 0 bridgehead atoms. The second-order valence-corrected chi connectivity index (χ2v) is 5.75. The topological polar surface area (TPSA) is 41.6 Å². The Kier molecular flexibility index (Phi) is 3.76. The largest absolute Gasteiger partial charge is 0.373 e. The second-order valence-electron chi connectivity index (χ2n) is 5.75. The van der Waals surface area contributed by atoms with E-state index >= 15 is 0 Å². The van der Waals surface area contributed by atoms with Gasteiger partial charge in [-0.3, -0.25) is 4.79 Å². The highest BCUT2D eigenvalue weighted by molar-refractivity contribution is 5.91. The minimum Gasteiger partial charge on any atom is -0.373 e. The summed E-state index contributed by atoms with van der Waals surface area (Å²) in [6, 6.07) is 10.2. The lowest BCUT2D eigenvalue weighted by Crippen LogP contribution is -2.51. The van der Waals surface area contributed by atoms with Gasteiger partial charge in [-0.15, -0.1) is 0 Å². The van der Waals surface area contributed by atoms with Crippen molar-refractivity contribution in [1.29, 1.82) is 0 Å². The molecule has 1 heterocycles. The van der Waals surface area contributed by atoms with Crippen LogP contribution in [0.4, 0.5) is 0 Å². The number of benzene rings is 1. The normalized spacial score (nSPS) is 24.4. The number of amides is 1. The molecule has 4 heteroatoms. The van der Waals surface area contributed by atoms with Crippen molar-refractivity contribution in [1.82, 2.24) is 10.2 Å². The first-order valence-corrected chi connectivity index (χ1v) is 7.37. The fraction of sp³-hybridized carbons (Fsp3) is 0.562. The Labute approximate surface area is 120 Å². The molecule has 20 heavy (non-hydrogen) atoms. The first-order valence-electron chi connectivity index (χ1n) is 7.37. The van der Waals surface area contributed by atoms with Crippen LogP contribution in [0.2, 0.25) is 0 Å². The van der Waals surface area contributed by atoms with Gasteiger partial charge < -0.3 is 15.0 Å². The predicted molar refractivity (Wildman–Crippen MR) is 77.6 cm³/mol. The van der Waals surface area contributed by atoms with Gasteiger partial charge in [0.05, 0.1) is 18.1 Å². The van der Waals surface area contributed by atoms with Crippen LogP contribution in [0.15, 0.2) is 30.3 Å². The maximum absolute atomic E-state index is 12.9. The van der Waals surface area contributed by atoms with Gasteiger partial charge in [0.2, 0.25) is 5.91 Å². The van der Waals surface area contributed by atoms with Crippen LogP contribution in [-0.4, -0.2) is 50.2 Å². The monoisotopic (exact) mass is 274 g/mol.